The molecule has 1 aliphatic rings. The van der Waals surface area contributed by atoms with E-state index in [2.05, 4.69) is 16.0 Å². The number of aromatic nitrogens is 2. The molecule has 0 radical (unpaired) electrons. The van der Waals surface area contributed by atoms with Crippen molar-refractivity contribution in [1.29, 1.82) is 5.26 Å². The number of nitrogens with zero attached hydrogens (tertiary/aromatic N) is 4. The van der Waals surface area contributed by atoms with E-state index in [0.717, 1.165) is 22.4 Å². The van der Waals surface area contributed by atoms with E-state index in [1.807, 2.05) is 35.6 Å². The number of benzene rings is 1. The summed E-state index contributed by atoms with van der Waals surface area (Å²) in [6.07, 6.45) is 0. The van der Waals surface area contributed by atoms with E-state index in [4.69, 9.17) is 9.47 Å². The third-order valence-electron chi connectivity index (χ3n) is 4.86. The fourth-order valence-electron chi connectivity index (χ4n) is 3.70. The fraction of sp³-hybridized carbons (Fsp3) is 0.350. The van der Waals surface area contributed by atoms with E-state index in [1.165, 1.54) is 0 Å². The first-order valence-electron chi connectivity index (χ1n) is 9.01. The average Bonchev–Trinajstić information content (AvgIpc) is 3.07. The minimum atomic E-state index is -0.490. The highest BCUT2D eigenvalue weighted by atomic mass is 35.5. The average molecular weight is 401 g/mol. The molecule has 3 heterocycles. The monoisotopic (exact) mass is 400 g/mol. The van der Waals surface area contributed by atoms with Crippen LogP contribution in [0.4, 0.5) is 5.82 Å². The summed E-state index contributed by atoms with van der Waals surface area (Å²) in [5.41, 5.74) is 3.44. The van der Waals surface area contributed by atoms with Gasteiger partial charge in [0.1, 0.15) is 17.5 Å². The largest absolute Gasteiger partial charge is 0.462 e. The van der Waals surface area contributed by atoms with Crippen LogP contribution in [0.5, 0.6) is 0 Å². The molecule has 146 valence electrons. The van der Waals surface area contributed by atoms with Gasteiger partial charge in [0, 0.05) is 18.7 Å². The number of ether oxygens (including phenoxy) is 2. The van der Waals surface area contributed by atoms with Crippen molar-refractivity contribution in [3.8, 4) is 6.07 Å². The van der Waals surface area contributed by atoms with Crippen LogP contribution in [0.3, 0.4) is 0 Å². The zero-order valence-electron chi connectivity index (χ0n) is 15.8. The second kappa shape index (κ2) is 8.05. The molecule has 7 nitrogen and oxygen atoms in total. The number of halogens is 1. The van der Waals surface area contributed by atoms with Crippen LogP contribution >= 0.6 is 12.4 Å². The lowest BCUT2D eigenvalue weighted by Gasteiger charge is -2.31. The lowest BCUT2D eigenvalue weighted by molar-refractivity contribution is 0.0525. The maximum atomic E-state index is 12.7. The number of nitriles is 1. The van der Waals surface area contributed by atoms with Crippen LogP contribution in [-0.4, -0.2) is 48.3 Å². The van der Waals surface area contributed by atoms with Crippen molar-refractivity contribution in [2.75, 3.05) is 37.8 Å². The van der Waals surface area contributed by atoms with Crippen molar-refractivity contribution >= 4 is 40.9 Å². The number of carbonyl (C=O) groups excluding carboxylic acids is 1. The molecule has 0 bridgehead atoms. The lowest BCUT2D eigenvalue weighted by Crippen LogP contribution is -2.38. The Kier molecular flexibility index (Phi) is 5.73. The summed E-state index contributed by atoms with van der Waals surface area (Å²) < 4.78 is 12.7. The highest BCUT2D eigenvalue weighted by Gasteiger charge is 2.28. The smallest absolute Gasteiger partial charge is 0.340 e. The lowest BCUT2D eigenvalue weighted by atomic mass is 10.0. The highest BCUT2D eigenvalue weighted by molar-refractivity contribution is 5.99. The number of fused-ring (bicyclic) bond motifs is 3. The summed E-state index contributed by atoms with van der Waals surface area (Å²) in [5, 5.41) is 9.84. The van der Waals surface area contributed by atoms with Crippen molar-refractivity contribution < 1.29 is 14.3 Å². The van der Waals surface area contributed by atoms with Crippen LogP contribution < -0.4 is 4.90 Å². The standard InChI is InChI=1S/C20H20N4O3.ClH/c1-3-27-20(25)17-13(2)19(23-8-10-26-11-9-23)24-16-7-5-4-6-15(16)22-18(24)14(17)12-21;/h4-7H,3,8-11H2,1-2H3;1H. The van der Waals surface area contributed by atoms with Gasteiger partial charge in [-0.3, -0.25) is 4.40 Å². The minimum Gasteiger partial charge on any atom is -0.462 e. The van der Waals surface area contributed by atoms with Gasteiger partial charge >= 0.3 is 5.97 Å². The Labute approximate surface area is 168 Å². The van der Waals surface area contributed by atoms with E-state index < -0.39 is 5.97 Å². The minimum absolute atomic E-state index is 0. The van der Waals surface area contributed by atoms with Gasteiger partial charge in [0.2, 0.25) is 0 Å². The Bertz CT molecular complexity index is 1080. The summed E-state index contributed by atoms with van der Waals surface area (Å²) in [6, 6.07) is 9.92. The molecule has 4 rings (SSSR count). The number of pyridine rings is 1. The van der Waals surface area contributed by atoms with Gasteiger partial charge in [0.25, 0.3) is 0 Å². The molecule has 1 aromatic carbocycles. The number of hydrogen-bond donors (Lipinski definition) is 0. The van der Waals surface area contributed by atoms with E-state index >= 15 is 0 Å². The molecular weight excluding hydrogens is 380 g/mol. The van der Waals surface area contributed by atoms with Gasteiger partial charge in [-0.15, -0.1) is 12.4 Å². The predicted molar refractivity (Wildman–Crippen MR) is 108 cm³/mol. The number of rotatable bonds is 3. The first-order valence-corrected chi connectivity index (χ1v) is 9.01. The third-order valence-corrected chi connectivity index (χ3v) is 4.86. The van der Waals surface area contributed by atoms with Crippen molar-refractivity contribution in [2.24, 2.45) is 0 Å². The number of anilines is 1. The molecule has 0 unspecified atom stereocenters. The summed E-state index contributed by atoms with van der Waals surface area (Å²) in [4.78, 5) is 19.5. The Balaban J connectivity index is 0.00000225. The Hall–Kier alpha value is -2.82. The van der Waals surface area contributed by atoms with E-state index in [9.17, 15) is 10.1 Å². The van der Waals surface area contributed by atoms with Gasteiger partial charge in [-0.25, -0.2) is 9.78 Å². The number of hydrogen-bond acceptors (Lipinski definition) is 6. The van der Waals surface area contributed by atoms with Crippen LogP contribution in [0.15, 0.2) is 24.3 Å². The van der Waals surface area contributed by atoms with Gasteiger partial charge in [0.05, 0.1) is 36.4 Å². The first-order chi connectivity index (χ1) is 13.2. The Morgan fingerprint density at radius 1 is 1.32 bits per heavy atom. The maximum Gasteiger partial charge on any atom is 0.340 e. The van der Waals surface area contributed by atoms with Crippen LogP contribution in [0, 0.1) is 18.3 Å². The van der Waals surface area contributed by atoms with Crippen LogP contribution in [-0.2, 0) is 9.47 Å². The predicted octanol–water partition coefficient (Wildman–Crippen LogP) is 3.10. The molecular formula is C20H21ClN4O3. The SMILES string of the molecule is CCOC(=O)c1c(C)c(N2CCOCC2)n2c(nc3ccccc32)c1C#N.Cl. The van der Waals surface area contributed by atoms with Gasteiger partial charge in [-0.2, -0.15) is 5.26 Å². The molecule has 8 heteroatoms. The molecule has 1 saturated heterocycles. The van der Waals surface area contributed by atoms with Gasteiger partial charge in [-0.05, 0) is 26.0 Å². The molecule has 3 aromatic rings. The summed E-state index contributed by atoms with van der Waals surface area (Å²) in [7, 11) is 0. The molecule has 1 aliphatic heterocycles. The fourth-order valence-corrected chi connectivity index (χ4v) is 3.70. The van der Waals surface area contributed by atoms with Crippen molar-refractivity contribution in [3.05, 3.63) is 41.0 Å². The molecule has 2 aromatic heterocycles. The van der Waals surface area contributed by atoms with Crippen molar-refractivity contribution in [2.45, 2.75) is 13.8 Å². The second-order valence-corrected chi connectivity index (χ2v) is 6.39. The van der Waals surface area contributed by atoms with Crippen LogP contribution in [0.1, 0.15) is 28.4 Å². The quantitative estimate of drug-likeness (QED) is 0.628. The summed E-state index contributed by atoms with van der Waals surface area (Å²) >= 11 is 0. The van der Waals surface area contributed by atoms with Crippen LogP contribution in [0.25, 0.3) is 16.7 Å². The molecule has 0 amide bonds. The highest BCUT2D eigenvalue weighted by Crippen LogP contribution is 2.33. The summed E-state index contributed by atoms with van der Waals surface area (Å²) in [5.74, 6) is 0.375. The zero-order chi connectivity index (χ0) is 19.0. The number of esters is 1. The number of imidazole rings is 1. The topological polar surface area (TPSA) is 79.9 Å². The molecule has 0 saturated carbocycles. The van der Waals surface area contributed by atoms with Gasteiger partial charge < -0.3 is 14.4 Å². The normalized spacial score (nSPS) is 14.0. The Morgan fingerprint density at radius 3 is 2.71 bits per heavy atom. The van der Waals surface area contributed by atoms with Gasteiger partial charge in [-0.1, -0.05) is 12.1 Å². The van der Waals surface area contributed by atoms with Gasteiger partial charge in [0.15, 0.2) is 5.65 Å². The zero-order valence-corrected chi connectivity index (χ0v) is 16.6. The van der Waals surface area contributed by atoms with E-state index in [1.54, 1.807) is 6.92 Å². The molecule has 0 spiro atoms. The maximum absolute atomic E-state index is 12.7. The molecule has 1 fully saturated rings. The molecule has 0 aliphatic carbocycles. The Morgan fingerprint density at radius 2 is 2.04 bits per heavy atom. The first kappa shape index (κ1) is 19.9. The number of morpholine rings is 1. The molecule has 28 heavy (non-hydrogen) atoms. The third kappa shape index (κ3) is 3.05. The van der Waals surface area contributed by atoms with E-state index in [-0.39, 0.29) is 24.6 Å². The number of para-hydroxylation sites is 2. The number of carbonyl (C=O) groups is 1. The van der Waals surface area contributed by atoms with E-state index in [0.29, 0.717) is 37.5 Å². The van der Waals surface area contributed by atoms with Crippen LogP contribution in [0.2, 0.25) is 0 Å². The molecule has 0 atom stereocenters. The van der Waals surface area contributed by atoms with Crippen molar-refractivity contribution in [1.82, 2.24) is 9.38 Å². The van der Waals surface area contributed by atoms with Crippen molar-refractivity contribution in [3.63, 3.8) is 0 Å². The molecule has 0 N–H and O–H groups in total. The second-order valence-electron chi connectivity index (χ2n) is 6.39. The summed E-state index contributed by atoms with van der Waals surface area (Å²) in [6.45, 7) is 6.51.